The minimum absolute atomic E-state index is 0.155. The van der Waals surface area contributed by atoms with Gasteiger partial charge in [0.15, 0.2) is 0 Å². The fourth-order valence-corrected chi connectivity index (χ4v) is 3.12. The summed E-state index contributed by atoms with van der Waals surface area (Å²) < 4.78 is 24.2. The van der Waals surface area contributed by atoms with Gasteiger partial charge >= 0.3 is 6.09 Å². The molecule has 1 atom stereocenters. The summed E-state index contributed by atoms with van der Waals surface area (Å²) in [6.07, 6.45) is 1.05. The maximum absolute atomic E-state index is 13.4. The van der Waals surface area contributed by atoms with Crippen molar-refractivity contribution >= 4 is 17.7 Å². The Morgan fingerprint density at radius 1 is 1.34 bits per heavy atom. The molecule has 0 aromatic heterocycles. The maximum atomic E-state index is 13.4. The first-order chi connectivity index (χ1) is 13.9. The number of halogens is 1. The van der Waals surface area contributed by atoms with Gasteiger partial charge in [-0.05, 0) is 29.7 Å². The number of rotatable bonds is 10. The molecule has 1 aromatic rings. The summed E-state index contributed by atoms with van der Waals surface area (Å²) in [6, 6.07) is 4.73. The number of alkyl carbamates (subject to hydrolysis) is 1. The monoisotopic (exact) mass is 407 g/mol. The van der Waals surface area contributed by atoms with Crippen molar-refractivity contribution in [1.29, 1.82) is 0 Å². The molecule has 0 saturated carbocycles. The first-order valence-corrected chi connectivity index (χ1v) is 9.87. The SMILES string of the molecule is C=CC(=O)N1CCC(OC(=O)NCCOCCNc2cc(F)ccc2C(C)C)C1. The van der Waals surface area contributed by atoms with Gasteiger partial charge < -0.3 is 25.0 Å². The fourth-order valence-electron chi connectivity index (χ4n) is 3.12. The molecule has 1 aliphatic rings. The highest BCUT2D eigenvalue weighted by Crippen LogP contribution is 2.24. The number of nitrogens with one attached hydrogen (secondary N) is 2. The molecule has 0 aliphatic carbocycles. The highest BCUT2D eigenvalue weighted by molar-refractivity contribution is 5.87. The van der Waals surface area contributed by atoms with E-state index in [0.717, 1.165) is 11.3 Å². The van der Waals surface area contributed by atoms with Crippen LogP contribution in [-0.2, 0) is 14.3 Å². The van der Waals surface area contributed by atoms with E-state index in [0.29, 0.717) is 45.8 Å². The van der Waals surface area contributed by atoms with Gasteiger partial charge in [-0.1, -0.05) is 26.5 Å². The largest absolute Gasteiger partial charge is 0.444 e. The summed E-state index contributed by atoms with van der Waals surface area (Å²) in [5.41, 5.74) is 1.82. The van der Waals surface area contributed by atoms with E-state index in [4.69, 9.17) is 9.47 Å². The molecular weight excluding hydrogens is 377 g/mol. The molecule has 1 saturated heterocycles. The number of carbonyl (C=O) groups is 2. The summed E-state index contributed by atoms with van der Waals surface area (Å²) in [6.45, 7) is 10.1. The van der Waals surface area contributed by atoms with Crippen molar-refractivity contribution in [2.45, 2.75) is 32.3 Å². The van der Waals surface area contributed by atoms with Gasteiger partial charge in [-0.3, -0.25) is 4.79 Å². The van der Waals surface area contributed by atoms with Crippen LogP contribution in [0.3, 0.4) is 0 Å². The number of amides is 2. The van der Waals surface area contributed by atoms with Crippen molar-refractivity contribution < 1.29 is 23.5 Å². The fraction of sp³-hybridized carbons (Fsp3) is 0.524. The molecule has 1 fully saturated rings. The Labute approximate surface area is 171 Å². The van der Waals surface area contributed by atoms with Crippen LogP contribution in [0, 0.1) is 5.82 Å². The molecule has 1 aromatic carbocycles. The third-order valence-electron chi connectivity index (χ3n) is 4.62. The molecule has 2 N–H and O–H groups in total. The quantitative estimate of drug-likeness (QED) is 0.461. The number of anilines is 1. The zero-order valence-electron chi connectivity index (χ0n) is 17.1. The molecular formula is C21H30FN3O4. The summed E-state index contributed by atoms with van der Waals surface area (Å²) in [5.74, 6) is -0.145. The number of ether oxygens (including phenoxy) is 2. The molecule has 160 valence electrons. The lowest BCUT2D eigenvalue weighted by Gasteiger charge is -2.15. The van der Waals surface area contributed by atoms with Gasteiger partial charge in [0.05, 0.1) is 19.8 Å². The van der Waals surface area contributed by atoms with Crippen LogP contribution in [0.1, 0.15) is 31.7 Å². The molecule has 1 aliphatic heterocycles. The van der Waals surface area contributed by atoms with Crippen molar-refractivity contribution in [3.63, 3.8) is 0 Å². The van der Waals surface area contributed by atoms with Crippen molar-refractivity contribution in [2.24, 2.45) is 0 Å². The van der Waals surface area contributed by atoms with Crippen LogP contribution < -0.4 is 10.6 Å². The molecule has 0 bridgehead atoms. The van der Waals surface area contributed by atoms with Crippen molar-refractivity contribution in [1.82, 2.24) is 10.2 Å². The van der Waals surface area contributed by atoms with Crippen LogP contribution in [0.15, 0.2) is 30.9 Å². The molecule has 1 heterocycles. The topological polar surface area (TPSA) is 79.9 Å². The second-order valence-electron chi connectivity index (χ2n) is 7.16. The summed E-state index contributed by atoms with van der Waals surface area (Å²) >= 11 is 0. The predicted molar refractivity (Wildman–Crippen MR) is 109 cm³/mol. The van der Waals surface area contributed by atoms with Gasteiger partial charge in [-0.2, -0.15) is 0 Å². The highest BCUT2D eigenvalue weighted by atomic mass is 19.1. The Bertz CT molecular complexity index is 711. The standard InChI is InChI=1S/C21H30FN3O4/c1-4-20(26)25-10-7-17(14-25)29-21(27)24-9-12-28-11-8-23-19-13-16(22)5-6-18(19)15(2)3/h4-6,13,15,17,23H,1,7-12,14H2,2-3H3,(H,24,27). The zero-order chi connectivity index (χ0) is 21.2. The minimum atomic E-state index is -0.522. The first kappa shape index (κ1) is 22.7. The summed E-state index contributed by atoms with van der Waals surface area (Å²) in [5, 5.41) is 5.81. The third kappa shape index (κ3) is 7.38. The first-order valence-electron chi connectivity index (χ1n) is 9.87. The lowest BCUT2D eigenvalue weighted by Crippen LogP contribution is -2.34. The Balaban J connectivity index is 1.56. The second kappa shape index (κ2) is 11.4. The van der Waals surface area contributed by atoms with Crippen LogP contribution in [0.2, 0.25) is 0 Å². The minimum Gasteiger partial charge on any atom is -0.444 e. The smallest absolute Gasteiger partial charge is 0.407 e. The summed E-state index contributed by atoms with van der Waals surface area (Å²) in [7, 11) is 0. The lowest BCUT2D eigenvalue weighted by molar-refractivity contribution is -0.125. The molecule has 0 spiro atoms. The number of nitrogens with zero attached hydrogens (tertiary/aromatic N) is 1. The van der Waals surface area contributed by atoms with Gasteiger partial charge in [0.25, 0.3) is 0 Å². The molecule has 2 amide bonds. The normalized spacial score (nSPS) is 16.0. The number of carbonyl (C=O) groups excluding carboxylic acids is 2. The lowest BCUT2D eigenvalue weighted by atomic mass is 10.0. The number of likely N-dealkylation sites (tertiary alicyclic amines) is 1. The molecule has 2 rings (SSSR count). The Morgan fingerprint density at radius 2 is 2.10 bits per heavy atom. The highest BCUT2D eigenvalue weighted by Gasteiger charge is 2.27. The molecule has 29 heavy (non-hydrogen) atoms. The van der Waals surface area contributed by atoms with Crippen molar-refractivity contribution in [2.75, 3.05) is 44.7 Å². The maximum Gasteiger partial charge on any atom is 0.407 e. The van der Waals surface area contributed by atoms with E-state index in [-0.39, 0.29) is 23.7 Å². The Morgan fingerprint density at radius 3 is 2.83 bits per heavy atom. The van der Waals surface area contributed by atoms with Gasteiger partial charge in [0.2, 0.25) is 5.91 Å². The van der Waals surface area contributed by atoms with Gasteiger partial charge in [0, 0.05) is 31.7 Å². The van der Waals surface area contributed by atoms with E-state index in [9.17, 15) is 14.0 Å². The van der Waals surface area contributed by atoms with E-state index in [1.54, 1.807) is 11.0 Å². The van der Waals surface area contributed by atoms with E-state index in [1.165, 1.54) is 18.2 Å². The van der Waals surface area contributed by atoms with Crippen LogP contribution in [-0.4, -0.2) is 62.4 Å². The Kier molecular flexibility index (Phi) is 8.92. The van der Waals surface area contributed by atoms with Crippen molar-refractivity contribution in [3.05, 3.63) is 42.2 Å². The molecule has 8 heteroatoms. The van der Waals surface area contributed by atoms with Crippen LogP contribution in [0.5, 0.6) is 0 Å². The van der Waals surface area contributed by atoms with E-state index < -0.39 is 6.09 Å². The van der Waals surface area contributed by atoms with E-state index in [2.05, 4.69) is 31.1 Å². The van der Waals surface area contributed by atoms with Crippen LogP contribution in [0.4, 0.5) is 14.9 Å². The van der Waals surface area contributed by atoms with E-state index >= 15 is 0 Å². The molecule has 1 unspecified atom stereocenters. The van der Waals surface area contributed by atoms with Gasteiger partial charge in [-0.25, -0.2) is 9.18 Å². The molecule has 0 radical (unpaired) electrons. The van der Waals surface area contributed by atoms with Gasteiger partial charge in [-0.15, -0.1) is 0 Å². The third-order valence-corrected chi connectivity index (χ3v) is 4.62. The average Bonchev–Trinajstić information content (AvgIpc) is 3.14. The Hall–Kier alpha value is -2.61. The average molecular weight is 407 g/mol. The predicted octanol–water partition coefficient (Wildman–Crippen LogP) is 2.89. The molecule has 7 nitrogen and oxygen atoms in total. The van der Waals surface area contributed by atoms with E-state index in [1.807, 2.05) is 0 Å². The van der Waals surface area contributed by atoms with Crippen LogP contribution in [0.25, 0.3) is 0 Å². The number of hydrogen-bond donors (Lipinski definition) is 2. The zero-order valence-corrected chi connectivity index (χ0v) is 17.1. The number of hydrogen-bond acceptors (Lipinski definition) is 5. The second-order valence-corrected chi connectivity index (χ2v) is 7.16. The van der Waals surface area contributed by atoms with Crippen molar-refractivity contribution in [3.8, 4) is 0 Å². The van der Waals surface area contributed by atoms with Crippen LogP contribution >= 0.6 is 0 Å². The van der Waals surface area contributed by atoms with Gasteiger partial charge in [0.1, 0.15) is 11.9 Å². The summed E-state index contributed by atoms with van der Waals surface area (Å²) in [4.78, 5) is 24.9. The number of benzene rings is 1.